The Balaban J connectivity index is 2.47. The smallest absolute Gasteiger partial charge is 0.239 e. The van der Waals surface area contributed by atoms with Gasteiger partial charge in [0.2, 0.25) is 5.91 Å². The van der Waals surface area contributed by atoms with Crippen molar-refractivity contribution in [3.05, 3.63) is 27.7 Å². The highest BCUT2D eigenvalue weighted by Gasteiger charge is 2.06. The lowest BCUT2D eigenvalue weighted by molar-refractivity contribution is -0.120. The summed E-state index contributed by atoms with van der Waals surface area (Å²) < 4.78 is 0.848. The van der Waals surface area contributed by atoms with Crippen molar-refractivity contribution in [3.63, 3.8) is 0 Å². The van der Waals surface area contributed by atoms with Crippen LogP contribution in [-0.4, -0.2) is 18.5 Å². The van der Waals surface area contributed by atoms with Gasteiger partial charge in [-0.3, -0.25) is 4.79 Å². The monoisotopic (exact) mass is 318 g/mol. The van der Waals surface area contributed by atoms with Crippen LogP contribution in [0.3, 0.4) is 0 Å². The molecule has 0 aliphatic carbocycles. The quantitative estimate of drug-likeness (QED) is 0.873. The standard InChI is InChI=1S/C12H16BrClN2O/c1-3-8(2)16-12(17)7-15-11-5-4-9(14)6-10(11)13/h4-6,8,15H,3,7H2,1-2H3,(H,16,17). The predicted molar refractivity (Wildman–Crippen MR) is 75.5 cm³/mol. The van der Waals surface area contributed by atoms with Gasteiger partial charge in [-0.1, -0.05) is 18.5 Å². The molecule has 0 heterocycles. The topological polar surface area (TPSA) is 41.1 Å². The Morgan fingerprint density at radius 1 is 1.53 bits per heavy atom. The summed E-state index contributed by atoms with van der Waals surface area (Å²) in [4.78, 5) is 11.5. The molecule has 1 unspecified atom stereocenters. The molecule has 0 aliphatic heterocycles. The van der Waals surface area contributed by atoms with E-state index >= 15 is 0 Å². The van der Waals surface area contributed by atoms with Gasteiger partial charge in [0.1, 0.15) is 0 Å². The number of anilines is 1. The Bertz CT molecular complexity index is 398. The van der Waals surface area contributed by atoms with E-state index in [-0.39, 0.29) is 18.5 Å². The molecule has 0 aliphatic rings. The molecule has 17 heavy (non-hydrogen) atoms. The van der Waals surface area contributed by atoms with Gasteiger partial charge in [0.15, 0.2) is 0 Å². The highest BCUT2D eigenvalue weighted by Crippen LogP contribution is 2.25. The first kappa shape index (κ1) is 14.3. The average molecular weight is 320 g/mol. The second-order valence-corrected chi connectivity index (χ2v) is 5.15. The second-order valence-electron chi connectivity index (χ2n) is 3.85. The maximum absolute atomic E-state index is 11.5. The van der Waals surface area contributed by atoms with Crippen molar-refractivity contribution in [2.24, 2.45) is 0 Å². The molecule has 0 radical (unpaired) electrons. The zero-order valence-electron chi connectivity index (χ0n) is 9.89. The van der Waals surface area contributed by atoms with Gasteiger partial charge in [0, 0.05) is 21.2 Å². The van der Waals surface area contributed by atoms with E-state index in [9.17, 15) is 4.79 Å². The van der Waals surface area contributed by atoms with Gasteiger partial charge in [0.25, 0.3) is 0 Å². The predicted octanol–water partition coefficient (Wildman–Crippen LogP) is 3.43. The van der Waals surface area contributed by atoms with Gasteiger partial charge >= 0.3 is 0 Å². The molecular weight excluding hydrogens is 304 g/mol. The molecule has 1 aromatic rings. The SMILES string of the molecule is CCC(C)NC(=O)CNc1ccc(Cl)cc1Br. The third-order valence-electron chi connectivity index (χ3n) is 2.39. The van der Waals surface area contributed by atoms with E-state index in [4.69, 9.17) is 11.6 Å². The molecule has 0 bridgehead atoms. The number of rotatable bonds is 5. The van der Waals surface area contributed by atoms with E-state index in [2.05, 4.69) is 26.6 Å². The minimum atomic E-state index is -0.0128. The summed E-state index contributed by atoms with van der Waals surface area (Å²) in [6.07, 6.45) is 0.927. The molecular formula is C12H16BrClN2O. The Hall–Kier alpha value is -0.740. The molecule has 0 saturated carbocycles. The molecule has 0 aromatic heterocycles. The minimum absolute atomic E-state index is 0.0128. The first-order valence-corrected chi connectivity index (χ1v) is 6.68. The van der Waals surface area contributed by atoms with Gasteiger partial charge in [-0.15, -0.1) is 0 Å². The van der Waals surface area contributed by atoms with Crippen molar-refractivity contribution in [1.82, 2.24) is 5.32 Å². The van der Waals surface area contributed by atoms with Crippen LogP contribution in [0.15, 0.2) is 22.7 Å². The van der Waals surface area contributed by atoms with Crippen molar-refractivity contribution in [2.75, 3.05) is 11.9 Å². The maximum Gasteiger partial charge on any atom is 0.239 e. The fourth-order valence-electron chi connectivity index (χ4n) is 1.24. The summed E-state index contributed by atoms with van der Waals surface area (Å²) in [5.74, 6) is -0.0128. The number of halogens is 2. The summed E-state index contributed by atoms with van der Waals surface area (Å²) in [6.45, 7) is 4.27. The first-order valence-electron chi connectivity index (χ1n) is 5.51. The van der Waals surface area contributed by atoms with Crippen LogP contribution in [-0.2, 0) is 4.79 Å². The van der Waals surface area contributed by atoms with Crippen LogP contribution >= 0.6 is 27.5 Å². The molecule has 1 rings (SSSR count). The van der Waals surface area contributed by atoms with Crippen LogP contribution in [0.5, 0.6) is 0 Å². The number of hydrogen-bond donors (Lipinski definition) is 2. The average Bonchev–Trinajstić information content (AvgIpc) is 2.27. The lowest BCUT2D eigenvalue weighted by atomic mass is 10.2. The van der Waals surface area contributed by atoms with E-state index < -0.39 is 0 Å². The summed E-state index contributed by atoms with van der Waals surface area (Å²) in [5.41, 5.74) is 0.855. The van der Waals surface area contributed by atoms with Crippen LogP contribution < -0.4 is 10.6 Å². The lowest BCUT2D eigenvalue weighted by Crippen LogP contribution is -2.36. The van der Waals surface area contributed by atoms with Gasteiger partial charge in [0.05, 0.1) is 6.54 Å². The zero-order valence-corrected chi connectivity index (χ0v) is 12.2. The third-order valence-corrected chi connectivity index (χ3v) is 3.28. The number of carbonyl (C=O) groups is 1. The normalized spacial score (nSPS) is 12.0. The molecule has 0 saturated heterocycles. The Labute approximate surface area is 115 Å². The van der Waals surface area contributed by atoms with Crippen LogP contribution in [0.25, 0.3) is 0 Å². The molecule has 1 aromatic carbocycles. The number of carbonyl (C=O) groups excluding carboxylic acids is 1. The Kier molecular flexibility index (Phi) is 5.78. The van der Waals surface area contributed by atoms with Crippen LogP contribution in [0.4, 0.5) is 5.69 Å². The highest BCUT2D eigenvalue weighted by atomic mass is 79.9. The van der Waals surface area contributed by atoms with E-state index in [1.54, 1.807) is 12.1 Å². The van der Waals surface area contributed by atoms with Crippen LogP contribution in [0, 0.1) is 0 Å². The number of nitrogens with one attached hydrogen (secondary N) is 2. The highest BCUT2D eigenvalue weighted by molar-refractivity contribution is 9.10. The van der Waals surface area contributed by atoms with Gasteiger partial charge in [-0.05, 0) is 47.5 Å². The van der Waals surface area contributed by atoms with E-state index in [0.29, 0.717) is 5.02 Å². The molecule has 1 amide bonds. The molecule has 0 fully saturated rings. The van der Waals surface area contributed by atoms with E-state index in [1.807, 2.05) is 19.9 Å². The fraction of sp³-hybridized carbons (Fsp3) is 0.417. The van der Waals surface area contributed by atoms with Gasteiger partial charge in [-0.25, -0.2) is 0 Å². The summed E-state index contributed by atoms with van der Waals surface area (Å²) in [6, 6.07) is 5.61. The number of benzene rings is 1. The lowest BCUT2D eigenvalue weighted by Gasteiger charge is -2.13. The largest absolute Gasteiger partial charge is 0.375 e. The Morgan fingerprint density at radius 2 is 2.24 bits per heavy atom. The summed E-state index contributed by atoms with van der Waals surface area (Å²) in [5, 5.41) is 6.60. The number of amides is 1. The Morgan fingerprint density at radius 3 is 2.82 bits per heavy atom. The summed E-state index contributed by atoms with van der Waals surface area (Å²) in [7, 11) is 0. The summed E-state index contributed by atoms with van der Waals surface area (Å²) >= 11 is 9.21. The van der Waals surface area contributed by atoms with Crippen molar-refractivity contribution in [3.8, 4) is 0 Å². The first-order chi connectivity index (χ1) is 8.02. The molecule has 0 spiro atoms. The molecule has 3 nitrogen and oxygen atoms in total. The van der Waals surface area contributed by atoms with Crippen molar-refractivity contribution < 1.29 is 4.79 Å². The third kappa shape index (κ3) is 4.96. The van der Waals surface area contributed by atoms with Crippen molar-refractivity contribution >= 4 is 39.1 Å². The molecule has 2 N–H and O–H groups in total. The zero-order chi connectivity index (χ0) is 12.8. The maximum atomic E-state index is 11.5. The van der Waals surface area contributed by atoms with Crippen LogP contribution in [0.2, 0.25) is 5.02 Å². The van der Waals surface area contributed by atoms with Crippen LogP contribution in [0.1, 0.15) is 20.3 Å². The second kappa shape index (κ2) is 6.87. The molecule has 94 valence electrons. The van der Waals surface area contributed by atoms with Crippen molar-refractivity contribution in [1.29, 1.82) is 0 Å². The fourth-order valence-corrected chi connectivity index (χ4v) is 2.06. The number of hydrogen-bond acceptors (Lipinski definition) is 2. The van der Waals surface area contributed by atoms with Gasteiger partial charge < -0.3 is 10.6 Å². The van der Waals surface area contributed by atoms with Gasteiger partial charge in [-0.2, -0.15) is 0 Å². The molecule has 1 atom stereocenters. The minimum Gasteiger partial charge on any atom is -0.375 e. The molecule has 5 heteroatoms. The van der Waals surface area contributed by atoms with E-state index in [0.717, 1.165) is 16.6 Å². The van der Waals surface area contributed by atoms with E-state index in [1.165, 1.54) is 0 Å². The van der Waals surface area contributed by atoms with Crippen molar-refractivity contribution in [2.45, 2.75) is 26.3 Å².